The smallest absolute Gasteiger partial charge is 0.228 e. The van der Waals surface area contributed by atoms with Crippen molar-refractivity contribution in [2.45, 2.75) is 19.5 Å². The third-order valence-electron chi connectivity index (χ3n) is 6.55. The van der Waals surface area contributed by atoms with Gasteiger partial charge in [-0.1, -0.05) is 19.1 Å². The number of carbonyl (C=O) groups is 1. The molecule has 7 nitrogen and oxygen atoms in total. The molecule has 2 aliphatic rings. The third kappa shape index (κ3) is 4.66. The number of benzene rings is 1. The van der Waals surface area contributed by atoms with Crippen LogP contribution in [0, 0.1) is 5.92 Å². The maximum Gasteiger partial charge on any atom is 0.228 e. The van der Waals surface area contributed by atoms with Gasteiger partial charge in [-0.2, -0.15) is 5.10 Å². The summed E-state index contributed by atoms with van der Waals surface area (Å²) in [6.45, 7) is 7.66. The predicted octanol–water partition coefficient (Wildman–Crippen LogP) is 3.03. The number of aromatic nitrogens is 2. The molecule has 2 N–H and O–H groups in total. The molecule has 2 aromatic heterocycles. The van der Waals surface area contributed by atoms with Gasteiger partial charge in [-0.3, -0.25) is 4.79 Å². The number of fused-ring (bicyclic) bond motifs is 1. The summed E-state index contributed by atoms with van der Waals surface area (Å²) in [6.07, 6.45) is 3.33. The summed E-state index contributed by atoms with van der Waals surface area (Å²) in [5, 5.41) is 11.2. The van der Waals surface area contributed by atoms with Gasteiger partial charge in [0.05, 0.1) is 17.1 Å². The van der Waals surface area contributed by atoms with Crippen LogP contribution in [-0.2, 0) is 4.79 Å². The van der Waals surface area contributed by atoms with Crippen molar-refractivity contribution in [2.75, 3.05) is 56.0 Å². The average molecular weight is 451 g/mol. The molecule has 174 valence electrons. The number of nitrogens with zero attached hydrogens (tertiary/aromatic N) is 4. The van der Waals surface area contributed by atoms with Crippen LogP contribution in [0.25, 0.3) is 16.6 Å². The summed E-state index contributed by atoms with van der Waals surface area (Å²) in [6, 6.07) is 12.7. The summed E-state index contributed by atoms with van der Waals surface area (Å²) < 4.78 is 15.2. The normalized spacial score (nSPS) is 20.3. The van der Waals surface area contributed by atoms with E-state index >= 15 is 0 Å². The molecule has 1 saturated heterocycles. The molecule has 0 unspecified atom stereocenters. The molecule has 3 heterocycles. The quantitative estimate of drug-likeness (QED) is 0.517. The molecule has 0 spiro atoms. The number of halogens is 1. The van der Waals surface area contributed by atoms with Crippen LogP contribution in [-0.4, -0.2) is 72.4 Å². The SMILES string of the molecule is CCNCCNc1ccc(-c2cc3c(N4CCN(C(=O)[C@@H]5C[C@H]5F)CC4)ccnn3c2)cc1. The van der Waals surface area contributed by atoms with E-state index in [9.17, 15) is 9.18 Å². The van der Waals surface area contributed by atoms with E-state index in [1.807, 2.05) is 21.7 Å². The first kappa shape index (κ1) is 21.7. The molecule has 1 amide bonds. The van der Waals surface area contributed by atoms with Crippen LogP contribution in [0.2, 0.25) is 0 Å². The van der Waals surface area contributed by atoms with Gasteiger partial charge in [0.25, 0.3) is 0 Å². The largest absolute Gasteiger partial charge is 0.384 e. The first-order chi connectivity index (χ1) is 16.1. The molecule has 1 aromatic carbocycles. The minimum atomic E-state index is -0.933. The lowest BCUT2D eigenvalue weighted by Crippen LogP contribution is -2.49. The Morgan fingerprint density at radius 3 is 2.55 bits per heavy atom. The zero-order chi connectivity index (χ0) is 22.8. The van der Waals surface area contributed by atoms with Crippen molar-refractivity contribution in [3.63, 3.8) is 0 Å². The molecular formula is C25H31FN6O. The van der Waals surface area contributed by atoms with Crippen molar-refractivity contribution in [1.82, 2.24) is 19.8 Å². The van der Waals surface area contributed by atoms with Crippen LogP contribution < -0.4 is 15.5 Å². The molecular weight excluding hydrogens is 419 g/mol. The van der Waals surface area contributed by atoms with Crippen molar-refractivity contribution in [3.8, 4) is 11.1 Å². The predicted molar refractivity (Wildman–Crippen MR) is 129 cm³/mol. The highest BCUT2D eigenvalue weighted by atomic mass is 19.1. The van der Waals surface area contributed by atoms with E-state index in [1.54, 1.807) is 0 Å². The summed E-state index contributed by atoms with van der Waals surface area (Å²) in [4.78, 5) is 16.5. The molecule has 3 aromatic rings. The van der Waals surface area contributed by atoms with Gasteiger partial charge >= 0.3 is 0 Å². The number of carbonyl (C=O) groups excluding carboxylic acids is 1. The maximum absolute atomic E-state index is 13.3. The van der Waals surface area contributed by atoms with Gasteiger partial charge < -0.3 is 20.4 Å². The van der Waals surface area contributed by atoms with Crippen molar-refractivity contribution >= 4 is 22.8 Å². The average Bonchev–Trinajstić information content (AvgIpc) is 3.42. The van der Waals surface area contributed by atoms with E-state index in [4.69, 9.17) is 0 Å². The van der Waals surface area contributed by atoms with Gasteiger partial charge in [-0.05, 0) is 42.8 Å². The van der Waals surface area contributed by atoms with Crippen molar-refractivity contribution in [2.24, 2.45) is 5.92 Å². The van der Waals surface area contributed by atoms with Crippen LogP contribution in [0.1, 0.15) is 13.3 Å². The van der Waals surface area contributed by atoms with Crippen LogP contribution in [0.4, 0.5) is 15.8 Å². The molecule has 0 bridgehead atoms. The highest BCUT2D eigenvalue weighted by Gasteiger charge is 2.46. The van der Waals surface area contributed by atoms with E-state index in [0.29, 0.717) is 19.5 Å². The summed E-state index contributed by atoms with van der Waals surface area (Å²) in [7, 11) is 0. The van der Waals surface area contributed by atoms with Gasteiger partial charge in [-0.25, -0.2) is 8.91 Å². The van der Waals surface area contributed by atoms with Gasteiger partial charge in [0, 0.05) is 62.9 Å². The van der Waals surface area contributed by atoms with E-state index in [0.717, 1.165) is 60.7 Å². The standard InChI is InChI=1S/C25H31FN6O/c1-2-27-9-10-28-20-5-3-18(4-6-20)19-15-24-23(7-8-29-32(24)17-19)30-11-13-31(14-12-30)25(33)21-16-22(21)26/h3-8,15,17,21-22,27-28H,2,9-14,16H2,1H3/t21-,22-/m1/s1. The lowest BCUT2D eigenvalue weighted by Gasteiger charge is -2.36. The molecule has 33 heavy (non-hydrogen) atoms. The Labute approximate surface area is 193 Å². The number of hydrogen-bond donors (Lipinski definition) is 2. The molecule has 1 aliphatic heterocycles. The fraction of sp³-hybridized carbons (Fsp3) is 0.440. The van der Waals surface area contributed by atoms with E-state index in [2.05, 4.69) is 64.1 Å². The Bertz CT molecular complexity index is 1110. The van der Waals surface area contributed by atoms with Crippen molar-refractivity contribution in [3.05, 3.63) is 48.8 Å². The van der Waals surface area contributed by atoms with Crippen molar-refractivity contribution in [1.29, 1.82) is 0 Å². The number of hydrogen-bond acceptors (Lipinski definition) is 5. The Morgan fingerprint density at radius 2 is 1.85 bits per heavy atom. The molecule has 8 heteroatoms. The number of anilines is 2. The fourth-order valence-electron chi connectivity index (χ4n) is 4.50. The zero-order valence-electron chi connectivity index (χ0n) is 19.0. The third-order valence-corrected chi connectivity index (χ3v) is 6.55. The molecule has 1 aliphatic carbocycles. The lowest BCUT2D eigenvalue weighted by molar-refractivity contribution is -0.133. The summed E-state index contributed by atoms with van der Waals surface area (Å²) in [5.41, 5.74) is 5.53. The summed E-state index contributed by atoms with van der Waals surface area (Å²) in [5.74, 6) is -0.418. The second-order valence-electron chi connectivity index (χ2n) is 8.80. The second-order valence-corrected chi connectivity index (χ2v) is 8.80. The topological polar surface area (TPSA) is 64.9 Å². The van der Waals surface area contributed by atoms with Crippen molar-refractivity contribution < 1.29 is 9.18 Å². The molecule has 1 saturated carbocycles. The van der Waals surface area contributed by atoms with E-state index < -0.39 is 12.1 Å². The first-order valence-corrected chi connectivity index (χ1v) is 11.8. The number of piperazine rings is 1. The first-order valence-electron chi connectivity index (χ1n) is 11.8. The Kier molecular flexibility index (Phi) is 6.17. The highest BCUT2D eigenvalue weighted by Crippen LogP contribution is 2.36. The minimum absolute atomic E-state index is 0.0217. The molecule has 0 radical (unpaired) electrons. The number of nitrogens with one attached hydrogen (secondary N) is 2. The van der Waals surface area contributed by atoms with Gasteiger partial charge in [0.15, 0.2) is 0 Å². The number of rotatable bonds is 8. The van der Waals surface area contributed by atoms with Gasteiger partial charge in [0.2, 0.25) is 5.91 Å². The lowest BCUT2D eigenvalue weighted by atomic mass is 10.1. The highest BCUT2D eigenvalue weighted by molar-refractivity contribution is 5.83. The molecule has 2 atom stereocenters. The molecule has 5 rings (SSSR count). The van der Waals surface area contributed by atoms with E-state index in [-0.39, 0.29) is 5.91 Å². The summed E-state index contributed by atoms with van der Waals surface area (Å²) >= 11 is 0. The number of alkyl halides is 1. The Morgan fingerprint density at radius 1 is 1.09 bits per heavy atom. The zero-order valence-corrected chi connectivity index (χ0v) is 19.0. The monoisotopic (exact) mass is 450 g/mol. The number of likely N-dealkylation sites (N-methyl/N-ethyl adjacent to an activating group) is 1. The Hall–Kier alpha value is -3.13. The van der Waals surface area contributed by atoms with Crippen LogP contribution in [0.3, 0.4) is 0 Å². The maximum atomic E-state index is 13.3. The minimum Gasteiger partial charge on any atom is -0.384 e. The number of amides is 1. The fourth-order valence-corrected chi connectivity index (χ4v) is 4.50. The van der Waals surface area contributed by atoms with Crippen LogP contribution >= 0.6 is 0 Å². The van der Waals surface area contributed by atoms with E-state index in [1.165, 1.54) is 0 Å². The van der Waals surface area contributed by atoms with Crippen LogP contribution in [0.15, 0.2) is 48.8 Å². The second kappa shape index (κ2) is 9.39. The van der Waals surface area contributed by atoms with Gasteiger partial charge in [0.1, 0.15) is 6.17 Å². The molecule has 2 fully saturated rings. The van der Waals surface area contributed by atoms with Crippen LogP contribution in [0.5, 0.6) is 0 Å². The Balaban J connectivity index is 1.27. The van der Waals surface area contributed by atoms with Gasteiger partial charge in [-0.15, -0.1) is 0 Å².